The summed E-state index contributed by atoms with van der Waals surface area (Å²) in [4.78, 5) is 16.8. The number of aromatic nitrogens is 1. The molecule has 0 unspecified atom stereocenters. The maximum absolute atomic E-state index is 12.7. The number of carbonyl (C=O) groups is 1. The number of hydrogen-bond acceptors (Lipinski definition) is 4. The fourth-order valence-electron chi connectivity index (χ4n) is 3.47. The van der Waals surface area contributed by atoms with E-state index in [9.17, 15) is 4.79 Å². The van der Waals surface area contributed by atoms with Crippen LogP contribution >= 0.6 is 35.0 Å². The molecule has 0 fully saturated rings. The maximum Gasteiger partial charge on any atom is 0.283 e. The van der Waals surface area contributed by atoms with Crippen molar-refractivity contribution >= 4 is 63.0 Å². The van der Waals surface area contributed by atoms with Gasteiger partial charge in [-0.2, -0.15) is 15.1 Å². The molecule has 154 valence electrons. The Balaban J connectivity index is 1.75. The molecule has 0 saturated heterocycles. The van der Waals surface area contributed by atoms with Gasteiger partial charge in [-0.15, -0.1) is 0 Å². The van der Waals surface area contributed by atoms with Gasteiger partial charge in [0.05, 0.1) is 21.3 Å². The van der Waals surface area contributed by atoms with E-state index in [2.05, 4.69) is 17.0 Å². The summed E-state index contributed by atoms with van der Waals surface area (Å²) in [6, 6.07) is 7.42. The number of carbonyl (C=O) groups excluding carboxylic acids is 1. The van der Waals surface area contributed by atoms with Gasteiger partial charge in [0.25, 0.3) is 5.91 Å². The average Bonchev–Trinajstić information content (AvgIpc) is 3.22. The number of thioether (sulfide) groups is 1. The Hall–Kier alpha value is -2.35. The van der Waals surface area contributed by atoms with Crippen LogP contribution in [0.2, 0.25) is 10.0 Å². The predicted molar refractivity (Wildman–Crippen MR) is 125 cm³/mol. The first-order chi connectivity index (χ1) is 14.3. The van der Waals surface area contributed by atoms with Gasteiger partial charge >= 0.3 is 0 Å². The summed E-state index contributed by atoms with van der Waals surface area (Å²) >= 11 is 14.0. The van der Waals surface area contributed by atoms with Gasteiger partial charge < -0.3 is 4.57 Å². The Labute approximate surface area is 188 Å². The molecule has 1 aromatic heterocycles. The molecule has 4 rings (SSSR count). The van der Waals surface area contributed by atoms with E-state index in [0.717, 1.165) is 40.5 Å². The minimum atomic E-state index is -0.433. The number of benzene rings is 1. The van der Waals surface area contributed by atoms with Gasteiger partial charge in [-0.05, 0) is 68.3 Å². The molecular weight excluding hydrogens is 441 g/mol. The Morgan fingerprint density at radius 3 is 2.77 bits per heavy atom. The van der Waals surface area contributed by atoms with E-state index in [1.807, 2.05) is 36.6 Å². The molecule has 0 atom stereocenters. The lowest BCUT2D eigenvalue weighted by molar-refractivity contribution is -0.114. The standard InChI is InChI=1S/C21H19Cl2N5OS/c1-4-6-17-26-28-19(24)14(20(29)25-21(28)30-17)10-13-9-11(2)27(12(13)3)16-8-5-7-15(22)18(16)23/h5,7-10,24H,4,6H2,1-3H3/b14-10-,24-19?. The highest BCUT2D eigenvalue weighted by Crippen LogP contribution is 2.33. The van der Waals surface area contributed by atoms with Gasteiger partial charge in [0, 0.05) is 11.4 Å². The first kappa shape index (κ1) is 20.9. The number of amides is 1. The Morgan fingerprint density at radius 2 is 2.03 bits per heavy atom. The second-order valence-corrected chi connectivity index (χ2v) is 8.82. The van der Waals surface area contributed by atoms with Crippen molar-refractivity contribution in [3.63, 3.8) is 0 Å². The average molecular weight is 460 g/mol. The van der Waals surface area contributed by atoms with Crippen LogP contribution in [-0.4, -0.2) is 31.5 Å². The zero-order chi connectivity index (χ0) is 21.6. The third-order valence-electron chi connectivity index (χ3n) is 4.90. The first-order valence-corrected chi connectivity index (χ1v) is 11.0. The van der Waals surface area contributed by atoms with Gasteiger partial charge in [-0.25, -0.2) is 0 Å². The lowest BCUT2D eigenvalue weighted by atomic mass is 10.1. The van der Waals surface area contributed by atoms with E-state index in [0.29, 0.717) is 15.2 Å². The summed E-state index contributed by atoms with van der Waals surface area (Å²) < 4.78 is 1.98. The summed E-state index contributed by atoms with van der Waals surface area (Å²) in [5.74, 6) is -0.397. The van der Waals surface area contributed by atoms with Crippen LogP contribution < -0.4 is 0 Å². The molecule has 0 spiro atoms. The summed E-state index contributed by atoms with van der Waals surface area (Å²) in [7, 11) is 0. The van der Waals surface area contributed by atoms with Crippen molar-refractivity contribution in [3.05, 3.63) is 56.8 Å². The molecule has 0 radical (unpaired) electrons. The molecule has 2 aromatic rings. The predicted octanol–water partition coefficient (Wildman–Crippen LogP) is 5.82. The van der Waals surface area contributed by atoms with Crippen molar-refractivity contribution in [2.75, 3.05) is 0 Å². The molecule has 0 aliphatic carbocycles. The van der Waals surface area contributed by atoms with Gasteiger partial charge in [0.2, 0.25) is 5.17 Å². The zero-order valence-electron chi connectivity index (χ0n) is 16.7. The second-order valence-electron chi connectivity index (χ2n) is 7.00. The highest BCUT2D eigenvalue weighted by Gasteiger charge is 2.35. The van der Waals surface area contributed by atoms with Gasteiger partial charge in [-0.3, -0.25) is 10.2 Å². The van der Waals surface area contributed by atoms with E-state index >= 15 is 0 Å². The van der Waals surface area contributed by atoms with E-state index < -0.39 is 5.91 Å². The number of hydrazone groups is 1. The van der Waals surface area contributed by atoms with Crippen molar-refractivity contribution in [3.8, 4) is 5.69 Å². The topological polar surface area (TPSA) is 73.8 Å². The minimum Gasteiger partial charge on any atom is -0.316 e. The van der Waals surface area contributed by atoms with Crippen LogP contribution in [0, 0.1) is 19.3 Å². The smallest absolute Gasteiger partial charge is 0.283 e. The number of aliphatic imine (C=N–C) groups is 1. The monoisotopic (exact) mass is 459 g/mol. The fraction of sp³-hybridized carbons (Fsp3) is 0.238. The SMILES string of the molecule is CCCC1=NN2C(=N)/C(=C/c3cc(C)n(-c4cccc(Cl)c4Cl)c3C)C(=O)N=C2S1. The van der Waals surface area contributed by atoms with Crippen LogP contribution in [0.1, 0.15) is 36.7 Å². The van der Waals surface area contributed by atoms with Crippen molar-refractivity contribution in [1.82, 2.24) is 9.58 Å². The molecule has 1 amide bonds. The maximum atomic E-state index is 12.7. The van der Waals surface area contributed by atoms with Gasteiger partial charge in [-0.1, -0.05) is 36.2 Å². The number of fused-ring (bicyclic) bond motifs is 1. The van der Waals surface area contributed by atoms with Crippen LogP contribution in [0.15, 0.2) is 39.9 Å². The van der Waals surface area contributed by atoms with E-state index in [-0.39, 0.29) is 11.4 Å². The number of amidine groups is 2. The number of aryl methyl sites for hydroxylation is 1. The lowest BCUT2D eigenvalue weighted by Gasteiger charge is -2.20. The highest BCUT2D eigenvalue weighted by atomic mass is 35.5. The molecule has 1 aromatic carbocycles. The van der Waals surface area contributed by atoms with E-state index in [1.165, 1.54) is 16.8 Å². The summed E-state index contributed by atoms with van der Waals surface area (Å²) in [5, 5.41) is 16.7. The normalized spacial score (nSPS) is 17.5. The van der Waals surface area contributed by atoms with Crippen molar-refractivity contribution in [2.45, 2.75) is 33.6 Å². The molecule has 30 heavy (non-hydrogen) atoms. The highest BCUT2D eigenvalue weighted by molar-refractivity contribution is 8.26. The van der Waals surface area contributed by atoms with Gasteiger partial charge in [0.15, 0.2) is 5.84 Å². The summed E-state index contributed by atoms with van der Waals surface area (Å²) in [6.07, 6.45) is 3.43. The first-order valence-electron chi connectivity index (χ1n) is 9.44. The zero-order valence-corrected chi connectivity index (χ0v) is 19.0. The lowest BCUT2D eigenvalue weighted by Crippen LogP contribution is -2.35. The number of hydrogen-bond donors (Lipinski definition) is 1. The van der Waals surface area contributed by atoms with E-state index in [4.69, 9.17) is 28.6 Å². The molecule has 9 heteroatoms. The third kappa shape index (κ3) is 3.51. The van der Waals surface area contributed by atoms with Crippen LogP contribution in [0.3, 0.4) is 0 Å². The Kier molecular flexibility index (Phi) is 5.61. The molecule has 1 N–H and O–H groups in total. The Morgan fingerprint density at radius 1 is 1.27 bits per heavy atom. The summed E-state index contributed by atoms with van der Waals surface area (Å²) in [5.41, 5.74) is 3.59. The van der Waals surface area contributed by atoms with Crippen LogP contribution in [-0.2, 0) is 4.79 Å². The molecular formula is C21H19Cl2N5OS. The number of nitrogens with one attached hydrogen (secondary N) is 1. The second kappa shape index (κ2) is 8.06. The minimum absolute atomic E-state index is 0.0363. The quantitative estimate of drug-likeness (QED) is 0.585. The number of nitrogens with zero attached hydrogens (tertiary/aromatic N) is 4. The van der Waals surface area contributed by atoms with Crippen molar-refractivity contribution < 1.29 is 4.79 Å². The Bertz CT molecular complexity index is 1180. The van der Waals surface area contributed by atoms with Crippen molar-refractivity contribution in [2.24, 2.45) is 10.1 Å². The number of halogens is 2. The largest absolute Gasteiger partial charge is 0.316 e. The molecule has 0 bridgehead atoms. The molecule has 6 nitrogen and oxygen atoms in total. The third-order valence-corrected chi connectivity index (χ3v) is 6.68. The van der Waals surface area contributed by atoms with Crippen LogP contribution in [0.4, 0.5) is 0 Å². The summed E-state index contributed by atoms with van der Waals surface area (Å²) in [6.45, 7) is 5.95. The molecule has 0 saturated carbocycles. The van der Waals surface area contributed by atoms with Crippen LogP contribution in [0.25, 0.3) is 11.8 Å². The van der Waals surface area contributed by atoms with Gasteiger partial charge in [0.1, 0.15) is 5.04 Å². The van der Waals surface area contributed by atoms with Crippen molar-refractivity contribution in [1.29, 1.82) is 5.41 Å². The number of rotatable bonds is 4. The molecule has 3 heterocycles. The fourth-order valence-corrected chi connectivity index (χ4v) is 4.84. The molecule has 2 aliphatic rings. The molecule has 2 aliphatic heterocycles. The van der Waals surface area contributed by atoms with E-state index in [1.54, 1.807) is 12.1 Å². The van der Waals surface area contributed by atoms with Crippen LogP contribution in [0.5, 0.6) is 0 Å².